The Hall–Kier alpha value is -2.23. The van der Waals surface area contributed by atoms with E-state index in [0.29, 0.717) is 44.2 Å². The van der Waals surface area contributed by atoms with Gasteiger partial charge < -0.3 is 4.90 Å². The fourth-order valence-electron chi connectivity index (χ4n) is 5.20. The van der Waals surface area contributed by atoms with Crippen molar-refractivity contribution in [1.29, 1.82) is 0 Å². The highest BCUT2D eigenvalue weighted by Crippen LogP contribution is 2.38. The van der Waals surface area contributed by atoms with Crippen LogP contribution in [-0.4, -0.2) is 67.7 Å². The molecule has 1 atom stereocenters. The molecule has 0 unspecified atom stereocenters. The van der Waals surface area contributed by atoms with Crippen molar-refractivity contribution in [2.24, 2.45) is 0 Å². The lowest BCUT2D eigenvalue weighted by Gasteiger charge is -2.38. The van der Waals surface area contributed by atoms with Gasteiger partial charge in [-0.2, -0.15) is 4.31 Å². The highest BCUT2D eigenvalue weighted by atomic mass is 35.5. The number of sulfonamides is 1. The van der Waals surface area contributed by atoms with Crippen molar-refractivity contribution in [2.75, 3.05) is 39.3 Å². The van der Waals surface area contributed by atoms with Crippen molar-refractivity contribution in [3.63, 3.8) is 0 Å². The summed E-state index contributed by atoms with van der Waals surface area (Å²) in [7, 11) is -3.59. The maximum atomic E-state index is 13.1. The molecule has 9 heteroatoms. The van der Waals surface area contributed by atoms with E-state index in [2.05, 4.69) is 47.5 Å². The first-order valence-electron chi connectivity index (χ1n) is 12.2. The van der Waals surface area contributed by atoms with Crippen LogP contribution in [0.1, 0.15) is 34.0 Å². The average Bonchev–Trinajstić information content (AvgIpc) is 3.37. The number of amides is 1. The number of carbonyl (C=O) groups is 1. The number of nitrogens with zero attached hydrogens (tertiary/aromatic N) is 3. The topological polar surface area (TPSA) is 60.9 Å². The number of benzene rings is 2. The van der Waals surface area contributed by atoms with Gasteiger partial charge in [-0.25, -0.2) is 8.42 Å². The average molecular weight is 544 g/mol. The summed E-state index contributed by atoms with van der Waals surface area (Å²) in [6.07, 6.45) is 1.43. The van der Waals surface area contributed by atoms with Gasteiger partial charge in [0.15, 0.2) is 0 Å². The van der Waals surface area contributed by atoms with E-state index in [1.807, 2.05) is 11.3 Å². The quantitative estimate of drug-likeness (QED) is 0.456. The first-order chi connectivity index (χ1) is 17.3. The lowest BCUT2D eigenvalue weighted by molar-refractivity contribution is -0.132. The van der Waals surface area contributed by atoms with Crippen molar-refractivity contribution in [3.05, 3.63) is 86.6 Å². The van der Waals surface area contributed by atoms with Crippen LogP contribution >= 0.6 is 22.9 Å². The molecule has 1 amide bonds. The molecule has 1 aromatic heterocycles. The number of rotatable bonds is 6. The summed E-state index contributed by atoms with van der Waals surface area (Å²) < 4.78 is 27.4. The Balaban J connectivity index is 1.22. The van der Waals surface area contributed by atoms with Gasteiger partial charge in [-0.15, -0.1) is 11.3 Å². The molecule has 0 radical (unpaired) electrons. The molecule has 3 heterocycles. The fourth-order valence-corrected chi connectivity index (χ4v) is 7.65. The Morgan fingerprint density at radius 1 is 0.972 bits per heavy atom. The molecule has 36 heavy (non-hydrogen) atoms. The molecule has 190 valence electrons. The molecule has 2 aliphatic heterocycles. The van der Waals surface area contributed by atoms with Crippen LogP contribution in [0.2, 0.25) is 5.02 Å². The van der Waals surface area contributed by atoms with Gasteiger partial charge in [-0.05, 0) is 65.7 Å². The summed E-state index contributed by atoms with van der Waals surface area (Å²) in [5.74, 6) is 0.0817. The van der Waals surface area contributed by atoms with Crippen LogP contribution in [0.25, 0.3) is 0 Å². The van der Waals surface area contributed by atoms with E-state index >= 15 is 0 Å². The van der Waals surface area contributed by atoms with Gasteiger partial charge in [-0.1, -0.05) is 35.9 Å². The monoisotopic (exact) mass is 543 g/mol. The number of thiophene rings is 1. The number of hydrogen-bond donors (Lipinski definition) is 0. The highest BCUT2D eigenvalue weighted by molar-refractivity contribution is 7.89. The van der Waals surface area contributed by atoms with Crippen LogP contribution < -0.4 is 0 Å². The fraction of sp³-hybridized carbons (Fsp3) is 0.370. The molecule has 1 fully saturated rings. The molecule has 0 N–H and O–H groups in total. The Kier molecular flexibility index (Phi) is 7.51. The summed E-state index contributed by atoms with van der Waals surface area (Å²) in [6, 6.07) is 17.1. The second kappa shape index (κ2) is 10.6. The summed E-state index contributed by atoms with van der Waals surface area (Å²) in [5, 5.41) is 2.67. The van der Waals surface area contributed by atoms with Crippen LogP contribution in [0.15, 0.2) is 64.9 Å². The van der Waals surface area contributed by atoms with E-state index < -0.39 is 10.0 Å². The van der Waals surface area contributed by atoms with Gasteiger partial charge in [0.25, 0.3) is 0 Å². The van der Waals surface area contributed by atoms with Crippen LogP contribution in [0.3, 0.4) is 0 Å². The van der Waals surface area contributed by atoms with Crippen molar-refractivity contribution < 1.29 is 13.2 Å². The zero-order valence-electron chi connectivity index (χ0n) is 20.3. The molecule has 5 rings (SSSR count). The van der Waals surface area contributed by atoms with E-state index in [9.17, 15) is 13.2 Å². The van der Waals surface area contributed by atoms with Crippen LogP contribution in [-0.2, 0) is 21.2 Å². The third-order valence-corrected chi connectivity index (χ3v) is 10.4. The van der Waals surface area contributed by atoms with Gasteiger partial charge in [0, 0.05) is 55.6 Å². The summed E-state index contributed by atoms with van der Waals surface area (Å²) >= 11 is 7.72. The molecule has 0 spiro atoms. The standard InChI is InChI=1S/C27H30ClN3O3S2/c1-20-4-2-3-5-23(20)27-24-12-19-35-25(24)10-13-30(27)14-11-26(32)29-15-17-31(18-16-29)36(33,34)22-8-6-21(28)7-9-22/h2-9,12,19,27H,10-11,13-18H2,1H3/t27-/m0/s1. The normalized spacial score (nSPS) is 19.3. The Labute approximate surface area is 222 Å². The minimum absolute atomic E-state index is 0.0817. The van der Waals surface area contributed by atoms with Crippen LogP contribution in [0.5, 0.6) is 0 Å². The molecule has 0 aliphatic carbocycles. The third kappa shape index (κ3) is 5.10. The number of hydrogen-bond acceptors (Lipinski definition) is 5. The first kappa shape index (κ1) is 25.4. The van der Waals surface area contributed by atoms with Crippen molar-refractivity contribution in [1.82, 2.24) is 14.1 Å². The van der Waals surface area contributed by atoms with Gasteiger partial charge in [0.1, 0.15) is 0 Å². The van der Waals surface area contributed by atoms with E-state index in [1.54, 1.807) is 17.0 Å². The molecule has 3 aromatic rings. The van der Waals surface area contributed by atoms with Crippen molar-refractivity contribution in [2.45, 2.75) is 30.7 Å². The number of carbonyl (C=O) groups excluding carboxylic acids is 1. The first-order valence-corrected chi connectivity index (χ1v) is 14.9. The minimum Gasteiger partial charge on any atom is -0.340 e. The molecule has 6 nitrogen and oxygen atoms in total. The molecule has 0 bridgehead atoms. The van der Waals surface area contributed by atoms with Crippen molar-refractivity contribution >= 4 is 38.9 Å². The maximum Gasteiger partial charge on any atom is 0.243 e. The highest BCUT2D eigenvalue weighted by Gasteiger charge is 2.33. The second-order valence-corrected chi connectivity index (χ2v) is 12.7. The number of aryl methyl sites for hydroxylation is 1. The SMILES string of the molecule is Cc1ccccc1[C@H]1c2ccsc2CCN1CCC(=O)N1CCN(S(=O)(=O)c2ccc(Cl)cc2)CC1. The molecule has 2 aromatic carbocycles. The Morgan fingerprint density at radius 3 is 2.42 bits per heavy atom. The summed E-state index contributed by atoms with van der Waals surface area (Å²) in [4.78, 5) is 19.0. The smallest absolute Gasteiger partial charge is 0.243 e. The molecular formula is C27H30ClN3O3S2. The molecular weight excluding hydrogens is 514 g/mol. The second-order valence-electron chi connectivity index (χ2n) is 9.33. The van der Waals surface area contributed by atoms with Gasteiger partial charge in [0.2, 0.25) is 15.9 Å². The Morgan fingerprint density at radius 2 is 1.69 bits per heavy atom. The zero-order chi connectivity index (χ0) is 25.3. The molecule has 0 saturated carbocycles. The van der Waals surface area contributed by atoms with E-state index in [1.165, 1.54) is 38.0 Å². The largest absolute Gasteiger partial charge is 0.340 e. The number of halogens is 1. The van der Waals surface area contributed by atoms with Gasteiger partial charge in [0.05, 0.1) is 10.9 Å². The zero-order valence-corrected chi connectivity index (χ0v) is 22.7. The maximum absolute atomic E-state index is 13.1. The van der Waals surface area contributed by atoms with Crippen LogP contribution in [0.4, 0.5) is 0 Å². The van der Waals surface area contributed by atoms with Crippen LogP contribution in [0, 0.1) is 6.92 Å². The molecule has 2 aliphatic rings. The summed E-state index contributed by atoms with van der Waals surface area (Å²) in [6.45, 7) is 5.15. The van der Waals surface area contributed by atoms with E-state index in [-0.39, 0.29) is 16.8 Å². The Bertz CT molecular complexity index is 1330. The lowest BCUT2D eigenvalue weighted by Crippen LogP contribution is -2.51. The van der Waals surface area contributed by atoms with Crippen molar-refractivity contribution in [3.8, 4) is 0 Å². The lowest BCUT2D eigenvalue weighted by atomic mass is 9.90. The predicted molar refractivity (Wildman–Crippen MR) is 144 cm³/mol. The number of piperazine rings is 1. The van der Waals surface area contributed by atoms with E-state index in [0.717, 1.165) is 13.0 Å². The minimum atomic E-state index is -3.59. The van der Waals surface area contributed by atoms with Gasteiger partial charge in [-0.3, -0.25) is 9.69 Å². The summed E-state index contributed by atoms with van der Waals surface area (Å²) in [5.41, 5.74) is 3.91. The van der Waals surface area contributed by atoms with Gasteiger partial charge >= 0.3 is 0 Å². The predicted octanol–water partition coefficient (Wildman–Crippen LogP) is 4.58. The molecule has 1 saturated heterocycles. The van der Waals surface area contributed by atoms with E-state index in [4.69, 9.17) is 11.6 Å². The number of fused-ring (bicyclic) bond motifs is 1. The third-order valence-electron chi connectivity index (χ3n) is 7.20.